The SMILES string of the molecule is O=C(Cn1c2ccccc2c(=O)c2ccccc21)NN=Cc1ccc(-c2cccc(Cl)c2Cl)o1. The van der Waals surface area contributed by atoms with E-state index in [0.29, 0.717) is 48.9 Å². The Bertz CT molecular complexity index is 1580. The van der Waals surface area contributed by atoms with Crippen LogP contribution in [0.3, 0.4) is 0 Å². The Morgan fingerprint density at radius 2 is 1.59 bits per heavy atom. The van der Waals surface area contributed by atoms with Crippen molar-refractivity contribution in [1.82, 2.24) is 9.99 Å². The summed E-state index contributed by atoms with van der Waals surface area (Å²) in [7, 11) is 0. The molecule has 34 heavy (non-hydrogen) atoms. The van der Waals surface area contributed by atoms with Gasteiger partial charge in [0.15, 0.2) is 5.43 Å². The molecule has 0 spiro atoms. The van der Waals surface area contributed by atoms with Crippen LogP contribution in [-0.4, -0.2) is 16.7 Å². The Kier molecular flexibility index (Phi) is 5.92. The molecule has 0 aliphatic carbocycles. The van der Waals surface area contributed by atoms with Crippen LogP contribution in [0.4, 0.5) is 0 Å². The van der Waals surface area contributed by atoms with Gasteiger partial charge in [0.2, 0.25) is 0 Å². The van der Waals surface area contributed by atoms with Crippen LogP contribution in [0, 0.1) is 0 Å². The summed E-state index contributed by atoms with van der Waals surface area (Å²) in [5.41, 5.74) is 4.48. The molecule has 0 saturated carbocycles. The van der Waals surface area contributed by atoms with Gasteiger partial charge in [-0.25, -0.2) is 5.43 Å². The zero-order chi connectivity index (χ0) is 23.7. The highest BCUT2D eigenvalue weighted by Gasteiger charge is 2.13. The number of hydrogen-bond donors (Lipinski definition) is 1. The topological polar surface area (TPSA) is 76.6 Å². The van der Waals surface area contributed by atoms with Crippen LogP contribution in [0.1, 0.15) is 5.76 Å². The fourth-order valence-corrected chi connectivity index (χ4v) is 4.25. The van der Waals surface area contributed by atoms with Gasteiger partial charge in [0.1, 0.15) is 18.1 Å². The highest BCUT2D eigenvalue weighted by Crippen LogP contribution is 2.34. The van der Waals surface area contributed by atoms with Gasteiger partial charge in [-0.15, -0.1) is 0 Å². The quantitative estimate of drug-likeness (QED) is 0.190. The third-order valence-electron chi connectivity index (χ3n) is 5.41. The predicted molar refractivity (Wildman–Crippen MR) is 136 cm³/mol. The van der Waals surface area contributed by atoms with E-state index in [9.17, 15) is 9.59 Å². The first kappa shape index (κ1) is 21.9. The van der Waals surface area contributed by atoms with Crippen molar-refractivity contribution in [2.45, 2.75) is 6.54 Å². The van der Waals surface area contributed by atoms with Gasteiger partial charge >= 0.3 is 0 Å². The van der Waals surface area contributed by atoms with Gasteiger partial charge in [0, 0.05) is 16.3 Å². The number of hydrazone groups is 1. The van der Waals surface area contributed by atoms with Gasteiger partial charge in [-0.1, -0.05) is 53.5 Å². The minimum atomic E-state index is -0.347. The number of para-hydroxylation sites is 2. The summed E-state index contributed by atoms with van der Waals surface area (Å²) in [6.07, 6.45) is 1.40. The van der Waals surface area contributed by atoms with Crippen LogP contribution in [0.15, 0.2) is 93.2 Å². The number of aromatic nitrogens is 1. The molecular weight excluding hydrogens is 473 g/mol. The van der Waals surface area contributed by atoms with E-state index in [2.05, 4.69) is 10.5 Å². The van der Waals surface area contributed by atoms with E-state index in [1.807, 2.05) is 28.8 Å². The van der Waals surface area contributed by atoms with Crippen LogP contribution in [-0.2, 0) is 11.3 Å². The summed E-state index contributed by atoms with van der Waals surface area (Å²) in [4.78, 5) is 25.5. The molecule has 8 heteroatoms. The minimum Gasteiger partial charge on any atom is -0.455 e. The number of pyridine rings is 1. The Balaban J connectivity index is 1.37. The number of furan rings is 1. The fourth-order valence-electron chi connectivity index (χ4n) is 3.86. The molecule has 3 aromatic carbocycles. The molecule has 0 bridgehead atoms. The maximum atomic E-state index is 12.8. The van der Waals surface area contributed by atoms with Crippen molar-refractivity contribution in [3.63, 3.8) is 0 Å². The molecule has 0 unspecified atom stereocenters. The first-order valence-corrected chi connectivity index (χ1v) is 11.1. The average molecular weight is 490 g/mol. The number of nitrogens with one attached hydrogen (secondary N) is 1. The van der Waals surface area contributed by atoms with Gasteiger partial charge < -0.3 is 8.98 Å². The number of nitrogens with zero attached hydrogens (tertiary/aromatic N) is 2. The Morgan fingerprint density at radius 1 is 0.912 bits per heavy atom. The minimum absolute atomic E-state index is 0.0137. The summed E-state index contributed by atoms with van der Waals surface area (Å²) in [5, 5.41) is 5.95. The van der Waals surface area contributed by atoms with E-state index in [-0.39, 0.29) is 17.9 Å². The zero-order valence-corrected chi connectivity index (χ0v) is 19.2. The lowest BCUT2D eigenvalue weighted by Gasteiger charge is -2.14. The summed E-state index contributed by atoms with van der Waals surface area (Å²) >= 11 is 12.3. The number of fused-ring (bicyclic) bond motifs is 2. The monoisotopic (exact) mass is 489 g/mol. The van der Waals surface area contributed by atoms with E-state index in [0.717, 1.165) is 0 Å². The predicted octanol–water partition coefficient (Wildman–Crippen LogP) is 5.87. The largest absolute Gasteiger partial charge is 0.455 e. The summed E-state index contributed by atoms with van der Waals surface area (Å²) in [5.74, 6) is 0.622. The molecule has 0 aliphatic rings. The van der Waals surface area contributed by atoms with Crippen molar-refractivity contribution in [3.8, 4) is 11.3 Å². The second-order valence-electron chi connectivity index (χ2n) is 7.55. The molecule has 0 aliphatic heterocycles. The lowest BCUT2D eigenvalue weighted by Crippen LogP contribution is -2.25. The highest BCUT2D eigenvalue weighted by atomic mass is 35.5. The number of hydrogen-bond acceptors (Lipinski definition) is 4. The third kappa shape index (κ3) is 4.09. The van der Waals surface area contributed by atoms with Crippen molar-refractivity contribution in [2.24, 2.45) is 5.10 Å². The van der Waals surface area contributed by atoms with Gasteiger partial charge in [-0.3, -0.25) is 9.59 Å². The van der Waals surface area contributed by atoms with Gasteiger partial charge in [-0.2, -0.15) is 5.10 Å². The lowest BCUT2D eigenvalue weighted by atomic mass is 10.1. The van der Waals surface area contributed by atoms with Crippen LogP contribution in [0.25, 0.3) is 33.1 Å². The molecule has 0 saturated heterocycles. The maximum Gasteiger partial charge on any atom is 0.260 e. The summed E-state index contributed by atoms with van der Waals surface area (Å²) in [6, 6.07) is 23.2. The normalized spacial score (nSPS) is 11.5. The molecule has 0 fully saturated rings. The molecule has 0 atom stereocenters. The van der Waals surface area contributed by atoms with E-state index in [1.54, 1.807) is 54.6 Å². The Hall–Kier alpha value is -3.87. The highest BCUT2D eigenvalue weighted by molar-refractivity contribution is 6.43. The number of amides is 1. The van der Waals surface area contributed by atoms with E-state index in [4.69, 9.17) is 27.6 Å². The van der Waals surface area contributed by atoms with E-state index in [1.165, 1.54) is 6.21 Å². The van der Waals surface area contributed by atoms with Crippen molar-refractivity contribution in [1.29, 1.82) is 0 Å². The Labute approximate surface area is 204 Å². The summed E-state index contributed by atoms with van der Waals surface area (Å²) < 4.78 is 7.56. The maximum absolute atomic E-state index is 12.8. The standard InChI is InChI=1S/C26H17Cl2N3O3/c27-20-9-5-8-19(25(20)28)23-13-12-16(34-23)14-29-30-24(32)15-31-21-10-3-1-6-17(21)26(33)18-7-2-4-11-22(18)31/h1-14H,15H2,(H,30,32). The van der Waals surface area contributed by atoms with Crippen molar-refractivity contribution >= 4 is 57.1 Å². The molecule has 5 aromatic rings. The molecule has 168 valence electrons. The second-order valence-corrected chi connectivity index (χ2v) is 8.33. The third-order valence-corrected chi connectivity index (χ3v) is 6.22. The van der Waals surface area contributed by atoms with Gasteiger partial charge in [0.05, 0.1) is 27.3 Å². The van der Waals surface area contributed by atoms with Crippen LogP contribution >= 0.6 is 23.2 Å². The molecule has 1 amide bonds. The number of benzene rings is 3. The molecule has 0 radical (unpaired) electrons. The number of rotatable bonds is 5. The van der Waals surface area contributed by atoms with Crippen LogP contribution in [0.5, 0.6) is 0 Å². The van der Waals surface area contributed by atoms with Gasteiger partial charge in [-0.05, 0) is 48.5 Å². The molecule has 2 aromatic heterocycles. The number of carbonyl (C=O) groups excluding carboxylic acids is 1. The molecule has 6 nitrogen and oxygen atoms in total. The molecule has 1 N–H and O–H groups in total. The number of carbonyl (C=O) groups is 1. The van der Waals surface area contributed by atoms with Gasteiger partial charge in [0.25, 0.3) is 5.91 Å². The lowest BCUT2D eigenvalue weighted by molar-refractivity contribution is -0.121. The first-order valence-electron chi connectivity index (χ1n) is 10.4. The van der Waals surface area contributed by atoms with E-state index >= 15 is 0 Å². The second kappa shape index (κ2) is 9.17. The molecule has 5 rings (SSSR count). The molecule has 2 heterocycles. The smallest absolute Gasteiger partial charge is 0.260 e. The van der Waals surface area contributed by atoms with Crippen molar-refractivity contribution in [3.05, 3.63) is 105 Å². The first-order chi connectivity index (χ1) is 16.5. The zero-order valence-electron chi connectivity index (χ0n) is 17.7. The summed E-state index contributed by atoms with van der Waals surface area (Å²) in [6.45, 7) is -0.0137. The van der Waals surface area contributed by atoms with Crippen LogP contribution < -0.4 is 10.9 Å². The van der Waals surface area contributed by atoms with Crippen LogP contribution in [0.2, 0.25) is 10.0 Å². The number of halogens is 2. The fraction of sp³-hybridized carbons (Fsp3) is 0.0385. The van der Waals surface area contributed by atoms with E-state index < -0.39 is 0 Å². The Morgan fingerprint density at radius 3 is 2.29 bits per heavy atom. The average Bonchev–Trinajstić information content (AvgIpc) is 3.32. The van der Waals surface area contributed by atoms with Crippen molar-refractivity contribution < 1.29 is 9.21 Å². The van der Waals surface area contributed by atoms with Crippen molar-refractivity contribution in [2.75, 3.05) is 0 Å². The molecular formula is C26H17Cl2N3O3.